The summed E-state index contributed by atoms with van der Waals surface area (Å²) in [7, 11) is -4.35. The highest BCUT2D eigenvalue weighted by Crippen LogP contribution is 2.42. The summed E-state index contributed by atoms with van der Waals surface area (Å²) in [5, 5.41) is 25.8. The number of benzene rings is 4. The molecule has 0 bridgehead atoms. The Labute approximate surface area is 236 Å². The number of aliphatic hydroxyl groups is 1. The molecular weight excluding hydrogens is 550 g/mol. The van der Waals surface area contributed by atoms with Gasteiger partial charge in [-0.1, -0.05) is 54.6 Å². The Bertz CT molecular complexity index is 1550. The number of phenolic OH excluding ortho intramolecular Hbond substituents is 1. The standard InChI is InChI=1S/C30H28FN2O5PS/c31-22-11-6-20(7-12-22)27(34)17-16-26-29(33(30(40)32-26)23-4-2-1-3-5-23)25-15-10-21(18-28(25)35)19-8-13-24(14-9-19)39(36,37)38/h1-15,18,26-27,29,34-35H,16-17H2,(H,32,40)(H2,36,37,38)/t26-,27-,29+/m0/s1. The van der Waals surface area contributed by atoms with Crippen LogP contribution in [-0.4, -0.2) is 31.2 Å². The topological polar surface area (TPSA) is 113 Å². The molecule has 10 heteroatoms. The maximum Gasteiger partial charge on any atom is 0.356 e. The molecule has 7 nitrogen and oxygen atoms in total. The van der Waals surface area contributed by atoms with Crippen molar-refractivity contribution in [3.8, 4) is 16.9 Å². The van der Waals surface area contributed by atoms with Gasteiger partial charge in [0.1, 0.15) is 11.6 Å². The number of anilines is 1. The number of aromatic hydroxyl groups is 1. The van der Waals surface area contributed by atoms with E-state index in [4.69, 9.17) is 12.2 Å². The van der Waals surface area contributed by atoms with Crippen LogP contribution in [0, 0.1) is 5.82 Å². The van der Waals surface area contributed by atoms with Crippen LogP contribution in [0.4, 0.5) is 10.1 Å². The lowest BCUT2D eigenvalue weighted by Crippen LogP contribution is -2.29. The summed E-state index contributed by atoms with van der Waals surface area (Å²) in [6.07, 6.45) is 0.0996. The van der Waals surface area contributed by atoms with E-state index < -0.39 is 13.7 Å². The molecule has 0 amide bonds. The molecule has 206 valence electrons. The van der Waals surface area contributed by atoms with Gasteiger partial charge < -0.3 is 30.2 Å². The zero-order valence-electron chi connectivity index (χ0n) is 21.3. The van der Waals surface area contributed by atoms with Gasteiger partial charge in [-0.2, -0.15) is 0 Å². The third kappa shape index (κ3) is 5.94. The second-order valence-corrected chi connectivity index (χ2v) is 11.7. The average Bonchev–Trinajstić information content (AvgIpc) is 3.27. The Morgan fingerprint density at radius 2 is 1.57 bits per heavy atom. The molecular formula is C30H28FN2O5PS. The van der Waals surface area contributed by atoms with E-state index in [0.29, 0.717) is 40.2 Å². The van der Waals surface area contributed by atoms with E-state index in [1.807, 2.05) is 47.4 Å². The van der Waals surface area contributed by atoms with Gasteiger partial charge in [-0.05, 0) is 84.2 Å². The monoisotopic (exact) mass is 578 g/mol. The second kappa shape index (κ2) is 11.5. The van der Waals surface area contributed by atoms with Gasteiger partial charge in [0.25, 0.3) is 0 Å². The number of thiocarbonyl (C=S) groups is 1. The predicted molar refractivity (Wildman–Crippen MR) is 157 cm³/mol. The zero-order valence-corrected chi connectivity index (χ0v) is 23.0. The molecule has 1 heterocycles. The highest BCUT2D eigenvalue weighted by molar-refractivity contribution is 7.80. The Balaban J connectivity index is 1.45. The van der Waals surface area contributed by atoms with Gasteiger partial charge >= 0.3 is 7.60 Å². The molecule has 1 fully saturated rings. The van der Waals surface area contributed by atoms with E-state index in [-0.39, 0.29) is 29.0 Å². The SMILES string of the molecule is O=P(O)(O)c1ccc(-c2ccc([C@@H]3[C@H](CC[C@H](O)c4ccc(F)cc4)NC(=S)N3c3ccccc3)c(O)c2)cc1. The second-order valence-electron chi connectivity index (χ2n) is 9.72. The van der Waals surface area contributed by atoms with Gasteiger partial charge in [-0.15, -0.1) is 0 Å². The minimum Gasteiger partial charge on any atom is -0.508 e. The minimum atomic E-state index is -4.35. The zero-order chi connectivity index (χ0) is 28.4. The molecule has 1 aliphatic heterocycles. The fourth-order valence-electron chi connectivity index (χ4n) is 5.08. The molecule has 0 aliphatic carbocycles. The first-order chi connectivity index (χ1) is 19.1. The molecule has 4 aromatic carbocycles. The first-order valence-corrected chi connectivity index (χ1v) is 14.7. The molecule has 0 radical (unpaired) electrons. The van der Waals surface area contributed by atoms with Crippen molar-refractivity contribution in [1.82, 2.24) is 5.32 Å². The molecule has 3 atom stereocenters. The van der Waals surface area contributed by atoms with E-state index in [1.54, 1.807) is 30.3 Å². The molecule has 40 heavy (non-hydrogen) atoms. The van der Waals surface area contributed by atoms with E-state index in [2.05, 4.69) is 5.32 Å². The molecule has 1 aliphatic rings. The van der Waals surface area contributed by atoms with Crippen LogP contribution in [0.2, 0.25) is 0 Å². The number of para-hydroxylation sites is 1. The van der Waals surface area contributed by atoms with Crippen molar-refractivity contribution < 1.29 is 29.0 Å². The van der Waals surface area contributed by atoms with Crippen LogP contribution in [0.25, 0.3) is 11.1 Å². The number of hydrogen-bond donors (Lipinski definition) is 5. The lowest BCUT2D eigenvalue weighted by atomic mass is 9.91. The van der Waals surface area contributed by atoms with Gasteiger partial charge in [-0.25, -0.2) is 4.39 Å². The Kier molecular flexibility index (Phi) is 8.03. The number of hydrogen-bond acceptors (Lipinski definition) is 4. The Hall–Kier alpha value is -3.59. The summed E-state index contributed by atoms with van der Waals surface area (Å²) in [6, 6.07) is 26.0. The molecule has 5 rings (SSSR count). The van der Waals surface area contributed by atoms with Gasteiger partial charge in [0.2, 0.25) is 0 Å². The number of rotatable bonds is 8. The van der Waals surface area contributed by atoms with Crippen molar-refractivity contribution in [3.63, 3.8) is 0 Å². The van der Waals surface area contributed by atoms with Gasteiger partial charge in [-0.3, -0.25) is 4.57 Å². The Morgan fingerprint density at radius 3 is 2.20 bits per heavy atom. The normalized spacial score (nSPS) is 18.0. The third-order valence-electron chi connectivity index (χ3n) is 7.11. The molecule has 1 saturated heterocycles. The van der Waals surface area contributed by atoms with E-state index >= 15 is 0 Å². The molecule has 5 N–H and O–H groups in total. The smallest absolute Gasteiger partial charge is 0.356 e. The van der Waals surface area contributed by atoms with Crippen LogP contribution in [0.3, 0.4) is 0 Å². The molecule has 0 aromatic heterocycles. The van der Waals surface area contributed by atoms with Gasteiger partial charge in [0.15, 0.2) is 5.11 Å². The van der Waals surface area contributed by atoms with Crippen molar-refractivity contribution in [2.75, 3.05) is 4.90 Å². The van der Waals surface area contributed by atoms with Crippen molar-refractivity contribution >= 4 is 35.9 Å². The van der Waals surface area contributed by atoms with Crippen LogP contribution in [0.5, 0.6) is 5.75 Å². The minimum absolute atomic E-state index is 0.0399. The first kappa shape index (κ1) is 28.0. The number of nitrogens with zero attached hydrogens (tertiary/aromatic N) is 1. The fraction of sp³-hybridized carbons (Fsp3) is 0.167. The Morgan fingerprint density at radius 1 is 0.925 bits per heavy atom. The van der Waals surface area contributed by atoms with Crippen molar-refractivity contribution in [3.05, 3.63) is 114 Å². The van der Waals surface area contributed by atoms with Crippen molar-refractivity contribution in [2.24, 2.45) is 0 Å². The van der Waals surface area contributed by atoms with Crippen LogP contribution in [0.15, 0.2) is 97.1 Å². The summed E-state index contributed by atoms with van der Waals surface area (Å²) < 4.78 is 24.9. The van der Waals surface area contributed by atoms with Crippen LogP contribution in [-0.2, 0) is 4.57 Å². The maximum atomic E-state index is 13.3. The van der Waals surface area contributed by atoms with E-state index in [0.717, 1.165) is 5.69 Å². The summed E-state index contributed by atoms with van der Waals surface area (Å²) in [5.41, 5.74) is 3.48. The van der Waals surface area contributed by atoms with Gasteiger partial charge in [0, 0.05) is 11.3 Å². The van der Waals surface area contributed by atoms with Crippen molar-refractivity contribution in [2.45, 2.75) is 31.0 Å². The predicted octanol–water partition coefficient (Wildman–Crippen LogP) is 5.32. The largest absolute Gasteiger partial charge is 0.508 e. The third-order valence-corrected chi connectivity index (χ3v) is 8.40. The summed E-state index contributed by atoms with van der Waals surface area (Å²) in [5.74, 6) is -0.327. The van der Waals surface area contributed by atoms with E-state index in [1.165, 1.54) is 24.3 Å². The first-order valence-electron chi connectivity index (χ1n) is 12.7. The maximum absolute atomic E-state index is 13.3. The molecule has 0 spiro atoms. The summed E-state index contributed by atoms with van der Waals surface area (Å²) in [4.78, 5) is 20.7. The lowest BCUT2D eigenvalue weighted by molar-refractivity contribution is 0.159. The van der Waals surface area contributed by atoms with Crippen molar-refractivity contribution in [1.29, 1.82) is 0 Å². The van der Waals surface area contributed by atoms with Crippen LogP contribution >= 0.6 is 19.8 Å². The lowest BCUT2D eigenvalue weighted by Gasteiger charge is -2.29. The highest BCUT2D eigenvalue weighted by atomic mass is 32.1. The van der Waals surface area contributed by atoms with Crippen LogP contribution in [0.1, 0.15) is 36.1 Å². The molecule has 0 saturated carbocycles. The molecule has 0 unspecified atom stereocenters. The number of phenols is 1. The average molecular weight is 579 g/mol. The quantitative estimate of drug-likeness (QED) is 0.141. The number of aliphatic hydroxyl groups excluding tert-OH is 1. The summed E-state index contributed by atoms with van der Waals surface area (Å²) in [6.45, 7) is 0. The molecule has 4 aromatic rings. The highest BCUT2D eigenvalue weighted by Gasteiger charge is 2.40. The summed E-state index contributed by atoms with van der Waals surface area (Å²) >= 11 is 5.72. The van der Waals surface area contributed by atoms with Gasteiger partial charge in [0.05, 0.1) is 23.5 Å². The number of halogens is 1. The fourth-order valence-corrected chi connectivity index (χ4v) is 5.98. The van der Waals surface area contributed by atoms with E-state index in [9.17, 15) is 29.0 Å². The van der Waals surface area contributed by atoms with Crippen LogP contribution < -0.4 is 15.5 Å². The number of nitrogens with one attached hydrogen (secondary N) is 1.